The van der Waals surface area contributed by atoms with Crippen molar-refractivity contribution in [2.45, 2.75) is 6.36 Å². The van der Waals surface area contributed by atoms with Crippen LogP contribution in [0.3, 0.4) is 0 Å². The lowest BCUT2D eigenvalue weighted by Gasteiger charge is -2.34. The third kappa shape index (κ3) is 3.97. The van der Waals surface area contributed by atoms with Crippen LogP contribution in [-0.2, 0) is 0 Å². The van der Waals surface area contributed by atoms with E-state index in [1.54, 1.807) is 4.90 Å². The average molecular weight is 305 g/mol. The molecule has 0 aliphatic carbocycles. The lowest BCUT2D eigenvalue weighted by molar-refractivity contribution is -0.385. The van der Waals surface area contributed by atoms with Crippen LogP contribution in [0.15, 0.2) is 18.2 Å². The van der Waals surface area contributed by atoms with E-state index in [0.29, 0.717) is 26.2 Å². The Labute approximate surface area is 118 Å². The maximum Gasteiger partial charge on any atom is 0.573 e. The van der Waals surface area contributed by atoms with E-state index in [4.69, 9.17) is 0 Å². The summed E-state index contributed by atoms with van der Waals surface area (Å²) in [4.78, 5) is 13.7. The molecule has 1 aliphatic heterocycles. The quantitative estimate of drug-likeness (QED) is 0.633. The Hall–Kier alpha value is -2.03. The predicted molar refractivity (Wildman–Crippen MR) is 69.5 cm³/mol. The number of nitrogens with zero attached hydrogens (tertiary/aromatic N) is 3. The minimum atomic E-state index is -4.89. The Kier molecular flexibility index (Phi) is 4.21. The van der Waals surface area contributed by atoms with Gasteiger partial charge in [-0.3, -0.25) is 10.1 Å². The monoisotopic (exact) mass is 305 g/mol. The van der Waals surface area contributed by atoms with Crippen LogP contribution in [0.25, 0.3) is 0 Å². The molecule has 2 rings (SSSR count). The van der Waals surface area contributed by atoms with Crippen molar-refractivity contribution in [3.63, 3.8) is 0 Å². The molecule has 116 valence electrons. The van der Waals surface area contributed by atoms with Crippen LogP contribution in [0.1, 0.15) is 0 Å². The number of piperazine rings is 1. The molecule has 0 N–H and O–H groups in total. The zero-order valence-corrected chi connectivity index (χ0v) is 11.3. The van der Waals surface area contributed by atoms with Crippen LogP contribution in [0, 0.1) is 10.1 Å². The maximum atomic E-state index is 12.5. The maximum absolute atomic E-state index is 12.5. The van der Waals surface area contributed by atoms with Gasteiger partial charge in [0.15, 0.2) is 5.75 Å². The average Bonchev–Trinajstić information content (AvgIpc) is 2.38. The van der Waals surface area contributed by atoms with Crippen molar-refractivity contribution in [3.05, 3.63) is 28.3 Å². The van der Waals surface area contributed by atoms with E-state index < -0.39 is 22.7 Å². The van der Waals surface area contributed by atoms with Crippen molar-refractivity contribution in [2.24, 2.45) is 0 Å². The molecule has 9 heteroatoms. The van der Waals surface area contributed by atoms with Crippen LogP contribution in [0.4, 0.5) is 24.5 Å². The molecule has 1 aromatic rings. The van der Waals surface area contributed by atoms with Crippen molar-refractivity contribution in [2.75, 3.05) is 38.1 Å². The fraction of sp³-hybridized carbons (Fsp3) is 0.500. The minimum Gasteiger partial charge on any atom is -0.403 e. The van der Waals surface area contributed by atoms with Gasteiger partial charge in [0.05, 0.1) is 16.7 Å². The molecule has 1 heterocycles. The van der Waals surface area contributed by atoms with Crippen molar-refractivity contribution in [3.8, 4) is 5.75 Å². The van der Waals surface area contributed by atoms with Gasteiger partial charge in [-0.2, -0.15) is 0 Å². The van der Waals surface area contributed by atoms with E-state index in [1.807, 2.05) is 11.9 Å². The number of rotatable bonds is 3. The van der Waals surface area contributed by atoms with Gasteiger partial charge in [0.2, 0.25) is 0 Å². The number of hydrogen-bond acceptors (Lipinski definition) is 5. The molecule has 0 aromatic heterocycles. The lowest BCUT2D eigenvalue weighted by Crippen LogP contribution is -2.44. The fourth-order valence-electron chi connectivity index (χ4n) is 2.13. The molecule has 1 aliphatic rings. The summed E-state index contributed by atoms with van der Waals surface area (Å²) < 4.78 is 41.3. The number of halogens is 3. The van der Waals surface area contributed by atoms with Crippen molar-refractivity contribution < 1.29 is 22.8 Å². The summed E-state index contributed by atoms with van der Waals surface area (Å²) in [6.07, 6.45) is -4.89. The molecule has 0 radical (unpaired) electrons. The van der Waals surface area contributed by atoms with Crippen LogP contribution in [0.5, 0.6) is 5.75 Å². The Morgan fingerprint density at radius 3 is 2.38 bits per heavy atom. The lowest BCUT2D eigenvalue weighted by atomic mass is 10.2. The molecule has 21 heavy (non-hydrogen) atoms. The summed E-state index contributed by atoms with van der Waals surface area (Å²) in [5.74, 6) is -0.541. The highest BCUT2D eigenvalue weighted by Gasteiger charge is 2.34. The summed E-state index contributed by atoms with van der Waals surface area (Å²) >= 11 is 0. The third-order valence-corrected chi connectivity index (χ3v) is 3.22. The van der Waals surface area contributed by atoms with Crippen LogP contribution in [0.2, 0.25) is 0 Å². The number of alkyl halides is 3. The third-order valence-electron chi connectivity index (χ3n) is 3.22. The first-order valence-corrected chi connectivity index (χ1v) is 6.24. The number of nitro benzene ring substituents is 1. The van der Waals surface area contributed by atoms with E-state index in [2.05, 4.69) is 4.74 Å². The molecule has 0 bridgehead atoms. The molecule has 6 nitrogen and oxygen atoms in total. The highest BCUT2D eigenvalue weighted by molar-refractivity contribution is 5.62. The zero-order valence-electron chi connectivity index (χ0n) is 11.3. The number of ether oxygens (including phenoxy) is 1. The second kappa shape index (κ2) is 5.76. The van der Waals surface area contributed by atoms with E-state index >= 15 is 0 Å². The molecule has 0 unspecified atom stereocenters. The second-order valence-electron chi connectivity index (χ2n) is 4.75. The Bertz CT molecular complexity index is 528. The molecule has 1 aromatic carbocycles. The first-order chi connectivity index (χ1) is 9.76. The molecular weight excluding hydrogens is 291 g/mol. The molecule has 0 atom stereocenters. The number of anilines is 1. The van der Waals surface area contributed by atoms with E-state index in [-0.39, 0.29) is 5.69 Å². The van der Waals surface area contributed by atoms with Crippen molar-refractivity contribution >= 4 is 11.4 Å². The summed E-state index contributed by atoms with van der Waals surface area (Å²) in [6, 6.07) is 3.28. The normalized spacial score (nSPS) is 16.9. The summed E-state index contributed by atoms with van der Waals surface area (Å²) in [5, 5.41) is 10.7. The molecule has 1 fully saturated rings. The second-order valence-corrected chi connectivity index (χ2v) is 4.75. The number of likely N-dealkylation sites (N-methyl/N-ethyl adjacent to an activating group) is 1. The number of nitro groups is 1. The van der Waals surface area contributed by atoms with Gasteiger partial charge in [-0.05, 0) is 13.1 Å². The van der Waals surface area contributed by atoms with E-state index in [0.717, 1.165) is 6.07 Å². The van der Waals surface area contributed by atoms with Crippen molar-refractivity contribution in [1.29, 1.82) is 0 Å². The van der Waals surface area contributed by atoms with Gasteiger partial charge in [0, 0.05) is 32.2 Å². The standard InChI is InChI=1S/C12H14F3N3O3/c1-16-4-6-17(7-5-16)10-3-2-9(18(19)20)8-11(10)21-12(13,14)15/h2-3,8H,4-7H2,1H3. The van der Waals surface area contributed by atoms with Gasteiger partial charge >= 0.3 is 6.36 Å². The van der Waals surface area contributed by atoms with Gasteiger partial charge in [-0.25, -0.2) is 0 Å². The summed E-state index contributed by atoms with van der Waals surface area (Å²) in [6.45, 7) is 2.45. The largest absolute Gasteiger partial charge is 0.573 e. The zero-order chi connectivity index (χ0) is 15.6. The smallest absolute Gasteiger partial charge is 0.403 e. The highest BCUT2D eigenvalue weighted by Crippen LogP contribution is 2.36. The molecule has 0 spiro atoms. The number of non-ortho nitro benzene ring substituents is 1. The fourth-order valence-corrected chi connectivity index (χ4v) is 2.13. The first-order valence-electron chi connectivity index (χ1n) is 6.24. The van der Waals surface area contributed by atoms with Gasteiger partial charge < -0.3 is 14.5 Å². The Morgan fingerprint density at radius 2 is 1.86 bits per heavy atom. The molecule has 0 saturated carbocycles. The summed E-state index contributed by atoms with van der Waals surface area (Å²) in [5.41, 5.74) is -0.224. The molecule has 1 saturated heterocycles. The van der Waals surface area contributed by atoms with Crippen LogP contribution >= 0.6 is 0 Å². The van der Waals surface area contributed by atoms with E-state index in [1.165, 1.54) is 12.1 Å². The predicted octanol–water partition coefficient (Wildman–Crippen LogP) is 2.25. The van der Waals surface area contributed by atoms with Gasteiger partial charge in [-0.1, -0.05) is 0 Å². The van der Waals surface area contributed by atoms with Crippen LogP contribution in [-0.4, -0.2) is 49.4 Å². The number of hydrogen-bond donors (Lipinski definition) is 0. The molecular formula is C12H14F3N3O3. The SMILES string of the molecule is CN1CCN(c2ccc([N+](=O)[O-])cc2OC(F)(F)F)CC1. The number of benzene rings is 1. The topological polar surface area (TPSA) is 58.9 Å². The Balaban J connectivity index is 2.32. The highest BCUT2D eigenvalue weighted by atomic mass is 19.4. The Morgan fingerprint density at radius 1 is 1.24 bits per heavy atom. The van der Waals surface area contributed by atoms with Crippen LogP contribution < -0.4 is 9.64 Å². The van der Waals surface area contributed by atoms with Gasteiger partial charge in [0.25, 0.3) is 5.69 Å². The minimum absolute atomic E-state index is 0.214. The van der Waals surface area contributed by atoms with Gasteiger partial charge in [-0.15, -0.1) is 13.2 Å². The van der Waals surface area contributed by atoms with Gasteiger partial charge in [0.1, 0.15) is 0 Å². The summed E-state index contributed by atoms with van der Waals surface area (Å²) in [7, 11) is 1.92. The first kappa shape index (κ1) is 15.4. The van der Waals surface area contributed by atoms with E-state index in [9.17, 15) is 23.3 Å². The van der Waals surface area contributed by atoms with Crippen molar-refractivity contribution in [1.82, 2.24) is 4.90 Å². The molecule has 0 amide bonds.